The minimum absolute atomic E-state index is 0. The topological polar surface area (TPSA) is 29.3 Å². The van der Waals surface area contributed by atoms with Gasteiger partial charge in [0.25, 0.3) is 0 Å². The van der Waals surface area contributed by atoms with Gasteiger partial charge in [-0.1, -0.05) is 0 Å². The molecule has 0 saturated carbocycles. The van der Waals surface area contributed by atoms with Crippen LogP contribution in [0.25, 0.3) is 0 Å². The lowest BCUT2D eigenvalue weighted by atomic mass is 10.1. The van der Waals surface area contributed by atoms with Gasteiger partial charge in [-0.15, -0.1) is 24.8 Å². The number of hydrogen-bond donors (Lipinski definition) is 1. The molecule has 0 aromatic rings. The van der Waals surface area contributed by atoms with Crippen LogP contribution in [-0.4, -0.2) is 31.0 Å². The molecule has 0 bridgehead atoms. The van der Waals surface area contributed by atoms with Gasteiger partial charge in [0.05, 0.1) is 0 Å². The van der Waals surface area contributed by atoms with Gasteiger partial charge in [0.1, 0.15) is 0 Å². The van der Waals surface area contributed by atoms with Crippen molar-refractivity contribution in [1.82, 2.24) is 4.90 Å². The second-order valence-corrected chi connectivity index (χ2v) is 2.32. The zero-order valence-corrected chi connectivity index (χ0v) is 7.38. The first kappa shape index (κ1) is 7.17. The van der Waals surface area contributed by atoms with E-state index < -0.39 is 6.98 Å². The smallest absolute Gasteiger partial charge is 0.0394 e. The summed E-state index contributed by atoms with van der Waals surface area (Å²) >= 11 is 0. The highest BCUT2D eigenvalue weighted by molar-refractivity contribution is 5.85. The second kappa shape index (κ2) is 6.23. The van der Waals surface area contributed by atoms with Crippen LogP contribution < -0.4 is 5.73 Å². The van der Waals surface area contributed by atoms with Crippen molar-refractivity contribution < 1.29 is 4.11 Å². The standard InChI is InChI=1S/C6H14N2.2ClH/c1-8-4-2-6(7)3-5-8;;/h6H,2-5,7H2,1H3;2*1H/i1+1D3;;. The first-order chi connectivity index (χ1) is 5.00. The van der Waals surface area contributed by atoms with Crippen LogP contribution in [0.1, 0.15) is 17.0 Å². The Morgan fingerprint density at radius 1 is 1.40 bits per heavy atom. The molecular formula is C6H16Cl2N2. The van der Waals surface area contributed by atoms with Gasteiger partial charge in [-0.25, -0.2) is 0 Å². The Balaban J connectivity index is 0. The molecule has 1 heterocycles. The average Bonchev–Trinajstić information content (AvgIpc) is 1.86. The largest absolute Gasteiger partial charge is 0.328 e. The van der Waals surface area contributed by atoms with Gasteiger partial charge in [0.2, 0.25) is 0 Å². The average molecular weight is 191 g/mol. The van der Waals surface area contributed by atoms with Crippen molar-refractivity contribution in [2.75, 3.05) is 20.1 Å². The molecule has 2 N–H and O–H groups in total. The third kappa shape index (κ3) is 4.34. The Labute approximate surface area is 79.2 Å². The highest BCUT2D eigenvalue weighted by Crippen LogP contribution is 2.04. The number of rotatable bonds is 0. The summed E-state index contributed by atoms with van der Waals surface area (Å²) in [6.07, 6.45) is 1.61. The Morgan fingerprint density at radius 3 is 2.30 bits per heavy atom. The summed E-state index contributed by atoms with van der Waals surface area (Å²) < 4.78 is 21.3. The molecule has 64 valence electrons. The number of likely N-dealkylation sites (tertiary alicyclic amines) is 1. The van der Waals surface area contributed by atoms with Crippen LogP contribution in [0.2, 0.25) is 0 Å². The summed E-state index contributed by atoms with van der Waals surface area (Å²) in [6.45, 7) is -0.699. The van der Waals surface area contributed by atoms with Gasteiger partial charge < -0.3 is 10.6 Å². The molecule has 0 aromatic heterocycles. The van der Waals surface area contributed by atoms with E-state index >= 15 is 0 Å². The molecule has 0 amide bonds. The van der Waals surface area contributed by atoms with Crippen molar-refractivity contribution in [3.8, 4) is 0 Å². The van der Waals surface area contributed by atoms with E-state index in [0.29, 0.717) is 13.1 Å². The highest BCUT2D eigenvalue weighted by Gasteiger charge is 2.10. The first-order valence-corrected chi connectivity index (χ1v) is 3.01. The van der Waals surface area contributed by atoms with Crippen molar-refractivity contribution in [1.29, 1.82) is 0 Å². The van der Waals surface area contributed by atoms with Gasteiger partial charge in [-0.05, 0) is 32.9 Å². The molecule has 0 aromatic carbocycles. The minimum Gasteiger partial charge on any atom is -0.328 e. The molecule has 1 aliphatic heterocycles. The summed E-state index contributed by atoms with van der Waals surface area (Å²) in [5, 5.41) is 0. The molecule has 0 aliphatic carbocycles. The number of nitrogens with two attached hydrogens (primary N) is 1. The van der Waals surface area contributed by atoms with Crippen molar-refractivity contribution in [3.63, 3.8) is 0 Å². The summed E-state index contributed by atoms with van der Waals surface area (Å²) in [6, 6.07) is 0.202. The molecular weight excluding hydrogens is 172 g/mol. The molecule has 4 heteroatoms. The Kier molecular flexibility index (Phi) is 4.46. The Morgan fingerprint density at radius 2 is 1.90 bits per heavy atom. The van der Waals surface area contributed by atoms with E-state index in [-0.39, 0.29) is 30.9 Å². The van der Waals surface area contributed by atoms with Gasteiger partial charge in [0, 0.05) is 10.2 Å². The summed E-state index contributed by atoms with van der Waals surface area (Å²) in [5.41, 5.74) is 5.63. The fourth-order valence-electron chi connectivity index (χ4n) is 0.899. The van der Waals surface area contributed by atoms with Gasteiger partial charge in [0.15, 0.2) is 0 Å². The quantitative estimate of drug-likeness (QED) is 0.576. The zero-order valence-electron chi connectivity index (χ0n) is 8.75. The lowest BCUT2D eigenvalue weighted by Gasteiger charge is -2.25. The second-order valence-electron chi connectivity index (χ2n) is 2.32. The van der Waals surface area contributed by atoms with Crippen LogP contribution in [0.3, 0.4) is 0 Å². The molecule has 10 heavy (non-hydrogen) atoms. The minimum atomic E-state index is -1.92. The van der Waals surface area contributed by atoms with Crippen LogP contribution >= 0.6 is 24.8 Å². The van der Waals surface area contributed by atoms with Crippen LogP contribution in [0, 0.1) is 0 Å². The monoisotopic (exact) mass is 190 g/mol. The number of nitrogens with zero attached hydrogens (tertiary/aromatic N) is 1. The fraction of sp³-hybridized carbons (Fsp3) is 1.00. The van der Waals surface area contributed by atoms with E-state index in [1.165, 1.54) is 4.90 Å². The fourth-order valence-corrected chi connectivity index (χ4v) is 0.899. The van der Waals surface area contributed by atoms with Crippen LogP contribution in [0.5, 0.6) is 0 Å². The molecule has 0 unspecified atom stereocenters. The van der Waals surface area contributed by atoms with Crippen LogP contribution in [0.15, 0.2) is 0 Å². The van der Waals surface area contributed by atoms with Crippen molar-refractivity contribution in [2.45, 2.75) is 18.9 Å². The van der Waals surface area contributed by atoms with Crippen molar-refractivity contribution >= 4 is 24.8 Å². The van der Waals surface area contributed by atoms with Gasteiger partial charge >= 0.3 is 0 Å². The zero-order chi connectivity index (χ0) is 8.48. The predicted molar refractivity (Wildman–Crippen MR) is 49.2 cm³/mol. The number of piperidine rings is 1. The molecule has 1 fully saturated rings. The number of hydrogen-bond acceptors (Lipinski definition) is 2. The summed E-state index contributed by atoms with van der Waals surface area (Å²) in [7, 11) is 0. The van der Waals surface area contributed by atoms with Gasteiger partial charge in [-0.2, -0.15) is 0 Å². The SMILES string of the molecule is Cl.Cl.[2H][13C]([2H])([2H])N1CCC(N)CC1. The number of halogens is 2. The maximum absolute atomic E-state index is 7.11. The molecule has 0 radical (unpaired) electrons. The van der Waals surface area contributed by atoms with E-state index in [1.54, 1.807) is 0 Å². The lowest BCUT2D eigenvalue weighted by molar-refractivity contribution is 0.256. The lowest BCUT2D eigenvalue weighted by Crippen LogP contribution is -2.37. The predicted octanol–water partition coefficient (Wildman–Crippen LogP) is 0.883. The van der Waals surface area contributed by atoms with E-state index in [1.807, 2.05) is 0 Å². The molecule has 1 aliphatic rings. The third-order valence-electron chi connectivity index (χ3n) is 1.54. The molecule has 1 rings (SSSR count). The molecule has 2 nitrogen and oxygen atoms in total. The van der Waals surface area contributed by atoms with E-state index in [0.717, 1.165) is 12.8 Å². The van der Waals surface area contributed by atoms with E-state index in [9.17, 15) is 0 Å². The van der Waals surface area contributed by atoms with Crippen molar-refractivity contribution in [3.05, 3.63) is 0 Å². The Hall–Kier alpha value is 0.500. The molecule has 0 atom stereocenters. The van der Waals surface area contributed by atoms with E-state index in [2.05, 4.69) is 0 Å². The summed E-state index contributed by atoms with van der Waals surface area (Å²) in [5.74, 6) is 0. The molecule has 1 saturated heterocycles. The Bertz CT molecular complexity index is 134. The normalized spacial score (nSPS) is 26.7. The maximum atomic E-state index is 7.11. The highest BCUT2D eigenvalue weighted by atomic mass is 35.5. The third-order valence-corrected chi connectivity index (χ3v) is 1.54. The van der Waals surface area contributed by atoms with Crippen LogP contribution in [-0.2, 0) is 0 Å². The van der Waals surface area contributed by atoms with Gasteiger partial charge in [-0.3, -0.25) is 0 Å². The van der Waals surface area contributed by atoms with E-state index in [4.69, 9.17) is 9.85 Å². The van der Waals surface area contributed by atoms with Crippen molar-refractivity contribution in [2.24, 2.45) is 5.73 Å². The van der Waals surface area contributed by atoms with Crippen LogP contribution in [0.4, 0.5) is 0 Å². The molecule has 0 spiro atoms. The summed E-state index contributed by atoms with van der Waals surface area (Å²) in [4.78, 5) is 1.51. The maximum Gasteiger partial charge on any atom is 0.0394 e. The first-order valence-electron chi connectivity index (χ1n) is 4.51.